The standard InChI is InChI=1S/C14H13ClFNO2S/c1-9-6-12(16)7-10(2)14(9)20(18,19)17-13-5-3-4-11(15)8-13/h3-8,17H,1-2H3. The number of rotatable bonds is 3. The highest BCUT2D eigenvalue weighted by molar-refractivity contribution is 7.92. The van der Waals surface area contributed by atoms with E-state index >= 15 is 0 Å². The van der Waals surface area contributed by atoms with Gasteiger partial charge in [-0.1, -0.05) is 17.7 Å². The van der Waals surface area contributed by atoms with E-state index in [4.69, 9.17) is 11.6 Å². The highest BCUT2D eigenvalue weighted by atomic mass is 35.5. The van der Waals surface area contributed by atoms with E-state index in [0.717, 1.165) is 0 Å². The van der Waals surface area contributed by atoms with Gasteiger partial charge in [0.1, 0.15) is 5.82 Å². The maximum absolute atomic E-state index is 13.2. The third kappa shape index (κ3) is 3.11. The molecule has 0 spiro atoms. The van der Waals surface area contributed by atoms with Gasteiger partial charge in [-0.05, 0) is 55.3 Å². The summed E-state index contributed by atoms with van der Waals surface area (Å²) in [5.41, 5.74) is 1.08. The van der Waals surface area contributed by atoms with Crippen LogP contribution in [0.15, 0.2) is 41.3 Å². The van der Waals surface area contributed by atoms with E-state index in [0.29, 0.717) is 21.8 Å². The number of benzene rings is 2. The number of sulfonamides is 1. The SMILES string of the molecule is Cc1cc(F)cc(C)c1S(=O)(=O)Nc1cccc(Cl)c1. The van der Waals surface area contributed by atoms with Crippen LogP contribution in [0.5, 0.6) is 0 Å². The summed E-state index contributed by atoms with van der Waals surface area (Å²) in [7, 11) is -3.78. The zero-order valence-corrected chi connectivity index (χ0v) is 12.5. The lowest BCUT2D eigenvalue weighted by Crippen LogP contribution is -2.16. The average molecular weight is 314 g/mol. The Morgan fingerprint density at radius 3 is 2.25 bits per heavy atom. The Bertz CT molecular complexity index is 737. The van der Waals surface area contributed by atoms with Crippen molar-refractivity contribution in [1.29, 1.82) is 0 Å². The number of halogens is 2. The molecule has 0 saturated heterocycles. The summed E-state index contributed by atoms with van der Waals surface area (Å²) >= 11 is 5.82. The van der Waals surface area contributed by atoms with Gasteiger partial charge in [0.15, 0.2) is 0 Å². The van der Waals surface area contributed by atoms with E-state index in [2.05, 4.69) is 4.72 Å². The van der Waals surface area contributed by atoms with Crippen LogP contribution in [0.2, 0.25) is 5.02 Å². The minimum atomic E-state index is -3.78. The summed E-state index contributed by atoms with van der Waals surface area (Å²) in [6.45, 7) is 3.12. The van der Waals surface area contributed by atoms with Gasteiger partial charge in [0, 0.05) is 5.02 Å². The van der Waals surface area contributed by atoms with Gasteiger partial charge in [0.2, 0.25) is 0 Å². The lowest BCUT2D eigenvalue weighted by atomic mass is 10.1. The Hall–Kier alpha value is -1.59. The summed E-state index contributed by atoms with van der Waals surface area (Å²) in [6.07, 6.45) is 0. The molecule has 2 aromatic rings. The summed E-state index contributed by atoms with van der Waals surface area (Å²) in [5.74, 6) is -0.457. The van der Waals surface area contributed by atoms with Crippen molar-refractivity contribution in [2.45, 2.75) is 18.7 Å². The second-order valence-corrected chi connectivity index (χ2v) is 6.54. The molecular weight excluding hydrogens is 301 g/mol. The zero-order chi connectivity index (χ0) is 14.9. The first-order chi connectivity index (χ1) is 9.29. The van der Waals surface area contributed by atoms with Crippen molar-refractivity contribution in [1.82, 2.24) is 0 Å². The highest BCUT2D eigenvalue weighted by Gasteiger charge is 2.20. The molecule has 0 aliphatic heterocycles. The van der Waals surface area contributed by atoms with Crippen LogP contribution in [0.1, 0.15) is 11.1 Å². The number of aryl methyl sites for hydroxylation is 2. The third-order valence-electron chi connectivity index (χ3n) is 2.77. The molecular formula is C14H13ClFNO2S. The Morgan fingerprint density at radius 2 is 1.70 bits per heavy atom. The first kappa shape index (κ1) is 14.8. The molecule has 0 bridgehead atoms. The van der Waals surface area contributed by atoms with Crippen LogP contribution in [0.4, 0.5) is 10.1 Å². The average Bonchev–Trinajstić information content (AvgIpc) is 2.25. The second-order valence-electron chi connectivity index (χ2n) is 4.48. The number of anilines is 1. The number of nitrogens with one attached hydrogen (secondary N) is 1. The highest BCUT2D eigenvalue weighted by Crippen LogP contribution is 2.25. The minimum absolute atomic E-state index is 0.0823. The van der Waals surface area contributed by atoms with Gasteiger partial charge in [0.05, 0.1) is 10.6 Å². The summed E-state index contributed by atoms with van der Waals surface area (Å²) in [4.78, 5) is 0.0823. The molecule has 0 fully saturated rings. The molecule has 6 heteroatoms. The lowest BCUT2D eigenvalue weighted by Gasteiger charge is -2.13. The fourth-order valence-corrected chi connectivity index (χ4v) is 3.77. The molecule has 0 aromatic heterocycles. The second kappa shape index (κ2) is 5.42. The van der Waals surface area contributed by atoms with Gasteiger partial charge >= 0.3 is 0 Å². The topological polar surface area (TPSA) is 46.2 Å². The smallest absolute Gasteiger partial charge is 0.262 e. The van der Waals surface area contributed by atoms with Crippen LogP contribution in [0.3, 0.4) is 0 Å². The van der Waals surface area contributed by atoms with E-state index in [-0.39, 0.29) is 4.90 Å². The van der Waals surface area contributed by atoms with E-state index in [1.807, 2.05) is 0 Å². The monoisotopic (exact) mass is 313 g/mol. The summed E-state index contributed by atoms with van der Waals surface area (Å²) < 4.78 is 40.5. The fourth-order valence-electron chi connectivity index (χ4n) is 2.08. The lowest BCUT2D eigenvalue weighted by molar-refractivity contribution is 0.597. The van der Waals surface area contributed by atoms with Gasteiger partial charge in [-0.15, -0.1) is 0 Å². The molecule has 0 unspecified atom stereocenters. The van der Waals surface area contributed by atoms with E-state index in [1.165, 1.54) is 18.2 Å². The van der Waals surface area contributed by atoms with Crippen molar-refractivity contribution in [2.75, 3.05) is 4.72 Å². The maximum Gasteiger partial charge on any atom is 0.262 e. The molecule has 2 rings (SSSR count). The number of hydrogen-bond acceptors (Lipinski definition) is 2. The predicted octanol–water partition coefficient (Wildman–Crippen LogP) is 3.90. The van der Waals surface area contributed by atoms with Crippen molar-refractivity contribution in [2.24, 2.45) is 0 Å². The van der Waals surface area contributed by atoms with Gasteiger partial charge in [0.25, 0.3) is 10.0 Å². The zero-order valence-electron chi connectivity index (χ0n) is 10.9. The largest absolute Gasteiger partial charge is 0.280 e. The first-order valence-electron chi connectivity index (χ1n) is 5.85. The molecule has 0 heterocycles. The van der Waals surface area contributed by atoms with Crippen molar-refractivity contribution in [3.8, 4) is 0 Å². The van der Waals surface area contributed by atoms with Gasteiger partial charge in [-0.2, -0.15) is 0 Å². The van der Waals surface area contributed by atoms with Crippen LogP contribution in [-0.2, 0) is 10.0 Å². The van der Waals surface area contributed by atoms with Crippen molar-refractivity contribution < 1.29 is 12.8 Å². The molecule has 0 aliphatic rings. The van der Waals surface area contributed by atoms with Crippen molar-refractivity contribution in [3.63, 3.8) is 0 Å². The van der Waals surface area contributed by atoms with E-state index in [1.54, 1.807) is 32.0 Å². The normalized spacial score (nSPS) is 11.4. The molecule has 2 aromatic carbocycles. The predicted molar refractivity (Wildman–Crippen MR) is 78.1 cm³/mol. The van der Waals surface area contributed by atoms with Crippen molar-refractivity contribution in [3.05, 3.63) is 58.4 Å². The Labute approximate surface area is 122 Å². The molecule has 20 heavy (non-hydrogen) atoms. The molecule has 0 saturated carbocycles. The third-order valence-corrected chi connectivity index (χ3v) is 4.69. The van der Waals surface area contributed by atoms with E-state index in [9.17, 15) is 12.8 Å². The quantitative estimate of drug-likeness (QED) is 0.934. The summed E-state index contributed by atoms with van der Waals surface area (Å²) in [6, 6.07) is 8.78. The number of hydrogen-bond donors (Lipinski definition) is 1. The van der Waals surface area contributed by atoms with Crippen LogP contribution in [-0.4, -0.2) is 8.42 Å². The molecule has 0 amide bonds. The Morgan fingerprint density at radius 1 is 1.10 bits per heavy atom. The van der Waals surface area contributed by atoms with E-state index < -0.39 is 15.8 Å². The van der Waals surface area contributed by atoms with Crippen LogP contribution in [0, 0.1) is 19.7 Å². The minimum Gasteiger partial charge on any atom is -0.280 e. The molecule has 0 atom stereocenters. The van der Waals surface area contributed by atoms with Gasteiger partial charge in [-0.3, -0.25) is 4.72 Å². The van der Waals surface area contributed by atoms with Crippen LogP contribution in [0.25, 0.3) is 0 Å². The molecule has 106 valence electrons. The summed E-state index contributed by atoms with van der Waals surface area (Å²) in [5, 5.41) is 0.428. The van der Waals surface area contributed by atoms with Gasteiger partial charge in [-0.25, -0.2) is 12.8 Å². The Balaban J connectivity index is 2.46. The fraction of sp³-hybridized carbons (Fsp3) is 0.143. The van der Waals surface area contributed by atoms with Crippen LogP contribution < -0.4 is 4.72 Å². The first-order valence-corrected chi connectivity index (χ1v) is 7.71. The molecule has 3 nitrogen and oxygen atoms in total. The van der Waals surface area contributed by atoms with Crippen LogP contribution >= 0.6 is 11.6 Å². The van der Waals surface area contributed by atoms with Gasteiger partial charge < -0.3 is 0 Å². The Kier molecular flexibility index (Phi) is 4.01. The maximum atomic E-state index is 13.2. The molecule has 1 N–H and O–H groups in total. The molecule has 0 radical (unpaired) electrons. The van der Waals surface area contributed by atoms with Crippen molar-refractivity contribution >= 4 is 27.3 Å². The molecule has 0 aliphatic carbocycles.